The summed E-state index contributed by atoms with van der Waals surface area (Å²) in [6.45, 7) is 7.84. The van der Waals surface area contributed by atoms with E-state index in [4.69, 9.17) is 0 Å². The molecule has 0 unspecified atom stereocenters. The molecule has 1 fully saturated rings. The second-order valence-electron chi connectivity index (χ2n) is 7.96. The van der Waals surface area contributed by atoms with Crippen LogP contribution in [0.1, 0.15) is 32.3 Å². The molecule has 1 aromatic rings. The molecule has 5 nitrogen and oxygen atoms in total. The Morgan fingerprint density at radius 1 is 1.00 bits per heavy atom. The monoisotopic (exact) mass is 382 g/mol. The van der Waals surface area contributed by atoms with Gasteiger partial charge in [0, 0.05) is 32.7 Å². The topological polar surface area (TPSA) is 60.9 Å². The van der Waals surface area contributed by atoms with Crippen LogP contribution in [0.2, 0.25) is 0 Å². The van der Waals surface area contributed by atoms with Gasteiger partial charge in [-0.25, -0.2) is 0 Å². The summed E-state index contributed by atoms with van der Waals surface area (Å²) >= 11 is 0. The van der Waals surface area contributed by atoms with Crippen LogP contribution in [0.4, 0.5) is 0 Å². The molecule has 5 heteroatoms. The van der Waals surface area contributed by atoms with Crippen LogP contribution in [0.15, 0.2) is 47.6 Å². The van der Waals surface area contributed by atoms with Gasteiger partial charge in [-0.3, -0.25) is 14.5 Å². The fourth-order valence-electron chi connectivity index (χ4n) is 4.10. The van der Waals surface area contributed by atoms with Crippen LogP contribution >= 0.6 is 0 Å². The van der Waals surface area contributed by atoms with Gasteiger partial charge in [-0.05, 0) is 32.3 Å². The van der Waals surface area contributed by atoms with Crippen LogP contribution in [-0.4, -0.2) is 59.5 Å². The summed E-state index contributed by atoms with van der Waals surface area (Å²) in [4.78, 5) is 28.9. The lowest BCUT2D eigenvalue weighted by molar-refractivity contribution is -0.151. The molecule has 28 heavy (non-hydrogen) atoms. The second kappa shape index (κ2) is 9.20. The minimum atomic E-state index is -0.852. The van der Waals surface area contributed by atoms with Gasteiger partial charge in [0.15, 0.2) is 0 Å². The average molecular weight is 383 g/mol. The summed E-state index contributed by atoms with van der Waals surface area (Å²) in [5.74, 6) is -1.86. The van der Waals surface area contributed by atoms with Crippen molar-refractivity contribution in [3.8, 4) is 0 Å². The van der Waals surface area contributed by atoms with E-state index in [-0.39, 0.29) is 5.91 Å². The van der Waals surface area contributed by atoms with Crippen molar-refractivity contribution >= 4 is 18.0 Å². The molecule has 0 spiro atoms. The van der Waals surface area contributed by atoms with Gasteiger partial charge in [0.05, 0.1) is 11.8 Å². The van der Waals surface area contributed by atoms with E-state index in [1.54, 1.807) is 0 Å². The highest BCUT2D eigenvalue weighted by Gasteiger charge is 2.39. The molecule has 1 heterocycles. The minimum Gasteiger partial charge on any atom is -0.481 e. The van der Waals surface area contributed by atoms with Gasteiger partial charge in [0.1, 0.15) is 0 Å². The Labute approximate surface area is 167 Å². The van der Waals surface area contributed by atoms with E-state index in [0.717, 1.165) is 25.2 Å². The van der Waals surface area contributed by atoms with Crippen molar-refractivity contribution in [2.45, 2.75) is 26.7 Å². The van der Waals surface area contributed by atoms with E-state index >= 15 is 0 Å². The first kappa shape index (κ1) is 20.3. The Balaban J connectivity index is 1.53. The van der Waals surface area contributed by atoms with Crippen LogP contribution in [0.25, 0.3) is 6.08 Å². The third kappa shape index (κ3) is 4.90. The summed E-state index contributed by atoms with van der Waals surface area (Å²) in [5, 5.41) is 9.58. The molecule has 2 atom stereocenters. The van der Waals surface area contributed by atoms with E-state index in [1.165, 1.54) is 11.1 Å². The molecule has 0 radical (unpaired) electrons. The van der Waals surface area contributed by atoms with Crippen molar-refractivity contribution in [3.05, 3.63) is 53.1 Å². The molecular weight excluding hydrogens is 352 g/mol. The van der Waals surface area contributed by atoms with Gasteiger partial charge in [0.2, 0.25) is 5.91 Å². The minimum absolute atomic E-state index is 0.0127. The van der Waals surface area contributed by atoms with Crippen LogP contribution in [0.5, 0.6) is 0 Å². The lowest BCUT2D eigenvalue weighted by Gasteiger charge is -2.38. The second-order valence-corrected chi connectivity index (χ2v) is 7.96. The SMILES string of the molecule is CC1=C(C)C[C@@H](C(=O)N2CCN(CC=Cc3ccccc3)CC2)[C@H](C(=O)O)C1. The first-order chi connectivity index (χ1) is 13.5. The highest BCUT2D eigenvalue weighted by atomic mass is 16.4. The fraction of sp³-hybridized carbons (Fsp3) is 0.478. The molecule has 0 bridgehead atoms. The van der Waals surface area contributed by atoms with Gasteiger partial charge < -0.3 is 10.0 Å². The Bertz CT molecular complexity index is 761. The summed E-state index contributed by atoms with van der Waals surface area (Å²) in [5.41, 5.74) is 3.47. The Morgan fingerprint density at radius 3 is 2.21 bits per heavy atom. The van der Waals surface area contributed by atoms with Crippen molar-refractivity contribution < 1.29 is 14.7 Å². The standard InChI is InChI=1S/C23H30N2O3/c1-17-15-20(21(23(27)28)16-18(17)2)22(26)25-13-11-24(12-14-25)10-6-9-19-7-4-3-5-8-19/h3-9,20-21H,10-16H2,1-2H3,(H,27,28)/t20-,21-/m1/s1. The smallest absolute Gasteiger partial charge is 0.307 e. The van der Waals surface area contributed by atoms with E-state index < -0.39 is 17.8 Å². The number of hydrogen-bond acceptors (Lipinski definition) is 3. The predicted molar refractivity (Wildman–Crippen MR) is 111 cm³/mol. The number of amides is 1. The Kier molecular flexibility index (Phi) is 6.68. The van der Waals surface area contributed by atoms with Crippen molar-refractivity contribution in [2.75, 3.05) is 32.7 Å². The van der Waals surface area contributed by atoms with Crippen molar-refractivity contribution in [2.24, 2.45) is 11.8 Å². The number of carboxylic acid groups (broad SMARTS) is 1. The van der Waals surface area contributed by atoms with E-state index in [0.29, 0.717) is 25.9 Å². The number of rotatable bonds is 5. The molecule has 0 saturated carbocycles. The molecule has 1 N–H and O–H groups in total. The third-order valence-corrected chi connectivity index (χ3v) is 6.06. The molecule has 1 aliphatic carbocycles. The van der Waals surface area contributed by atoms with Crippen LogP contribution < -0.4 is 0 Å². The van der Waals surface area contributed by atoms with Crippen molar-refractivity contribution in [1.29, 1.82) is 0 Å². The molecule has 1 amide bonds. The van der Waals surface area contributed by atoms with Gasteiger partial charge in [-0.1, -0.05) is 53.6 Å². The Hall–Kier alpha value is -2.40. The lowest BCUT2D eigenvalue weighted by atomic mass is 9.76. The van der Waals surface area contributed by atoms with Crippen LogP contribution in [0, 0.1) is 11.8 Å². The number of carboxylic acids is 1. The highest BCUT2D eigenvalue weighted by molar-refractivity contribution is 5.85. The quantitative estimate of drug-likeness (QED) is 0.794. The maximum absolute atomic E-state index is 13.0. The van der Waals surface area contributed by atoms with Gasteiger partial charge in [-0.15, -0.1) is 0 Å². The number of nitrogens with zero attached hydrogens (tertiary/aromatic N) is 2. The molecular formula is C23H30N2O3. The molecule has 3 rings (SSSR count). The zero-order chi connectivity index (χ0) is 20.1. The number of carbonyl (C=O) groups is 2. The van der Waals surface area contributed by atoms with Crippen LogP contribution in [0.3, 0.4) is 0 Å². The average Bonchev–Trinajstić information content (AvgIpc) is 2.70. The van der Waals surface area contributed by atoms with Crippen LogP contribution in [-0.2, 0) is 9.59 Å². The molecule has 1 aromatic carbocycles. The van der Waals surface area contributed by atoms with Gasteiger partial charge in [0.25, 0.3) is 0 Å². The maximum Gasteiger partial charge on any atom is 0.307 e. The molecule has 150 valence electrons. The van der Waals surface area contributed by atoms with E-state index in [9.17, 15) is 14.7 Å². The fourth-order valence-corrected chi connectivity index (χ4v) is 4.10. The zero-order valence-electron chi connectivity index (χ0n) is 16.8. The van der Waals surface area contributed by atoms with E-state index in [2.05, 4.69) is 29.2 Å². The number of benzene rings is 1. The molecule has 0 aromatic heterocycles. The first-order valence-electron chi connectivity index (χ1n) is 10.1. The summed E-state index contributed by atoms with van der Waals surface area (Å²) in [6, 6.07) is 10.2. The third-order valence-electron chi connectivity index (χ3n) is 6.06. The predicted octanol–water partition coefficient (Wildman–Crippen LogP) is 3.29. The number of aliphatic carboxylic acids is 1. The lowest BCUT2D eigenvalue weighted by Crippen LogP contribution is -2.52. The molecule has 2 aliphatic rings. The van der Waals surface area contributed by atoms with Crippen molar-refractivity contribution in [3.63, 3.8) is 0 Å². The zero-order valence-corrected chi connectivity index (χ0v) is 16.8. The van der Waals surface area contributed by atoms with Gasteiger partial charge in [-0.2, -0.15) is 0 Å². The highest BCUT2D eigenvalue weighted by Crippen LogP contribution is 2.35. The normalized spacial score (nSPS) is 24.0. The van der Waals surface area contributed by atoms with Gasteiger partial charge >= 0.3 is 5.97 Å². The maximum atomic E-state index is 13.0. The molecule has 1 aliphatic heterocycles. The Morgan fingerprint density at radius 2 is 1.61 bits per heavy atom. The number of hydrogen-bond donors (Lipinski definition) is 1. The van der Waals surface area contributed by atoms with E-state index in [1.807, 2.05) is 36.9 Å². The summed E-state index contributed by atoms with van der Waals surface area (Å²) < 4.78 is 0. The van der Waals surface area contributed by atoms with Crippen molar-refractivity contribution in [1.82, 2.24) is 9.80 Å². The largest absolute Gasteiger partial charge is 0.481 e. The number of allylic oxidation sites excluding steroid dienone is 2. The summed E-state index contributed by atoms with van der Waals surface area (Å²) in [6.07, 6.45) is 5.34. The summed E-state index contributed by atoms with van der Waals surface area (Å²) in [7, 11) is 0. The number of piperazine rings is 1. The number of carbonyl (C=O) groups excluding carboxylic acids is 1. The first-order valence-corrected chi connectivity index (χ1v) is 10.1. The molecule has 1 saturated heterocycles.